The average Bonchev–Trinajstić information content (AvgIpc) is 3.49. The topological polar surface area (TPSA) is 148 Å². The van der Waals surface area contributed by atoms with E-state index >= 15 is 0 Å². The van der Waals surface area contributed by atoms with Gasteiger partial charge in [0.05, 0.1) is 0 Å². The van der Waals surface area contributed by atoms with E-state index < -0.39 is 11.6 Å². The summed E-state index contributed by atoms with van der Waals surface area (Å²) in [4.78, 5) is 75.3. The van der Waals surface area contributed by atoms with Gasteiger partial charge in [-0.25, -0.2) is 0 Å². The highest BCUT2D eigenvalue weighted by Gasteiger charge is 2.69. The van der Waals surface area contributed by atoms with Gasteiger partial charge in [0.25, 0.3) is 0 Å². The first-order valence-corrected chi connectivity index (χ1v) is 20.8. The molecule has 1 saturated heterocycles. The van der Waals surface area contributed by atoms with Gasteiger partial charge in [-0.3, -0.25) is 19.2 Å². The third kappa shape index (κ3) is 7.90. The molecule has 2 N–H and O–H groups in total. The zero-order valence-electron chi connectivity index (χ0n) is 33.3. The molecule has 5 aliphatic carbocycles. The van der Waals surface area contributed by atoms with Crippen LogP contribution >= 0.6 is 0 Å². The van der Waals surface area contributed by atoms with Crippen molar-refractivity contribution in [2.24, 2.45) is 52.3 Å². The van der Waals surface area contributed by atoms with Crippen LogP contribution in [0.25, 0.3) is 0 Å². The van der Waals surface area contributed by atoms with E-state index in [1.54, 1.807) is 0 Å². The summed E-state index contributed by atoms with van der Waals surface area (Å²) in [5.41, 5.74) is -0.468. The van der Waals surface area contributed by atoms with Gasteiger partial charge < -0.3 is 20.1 Å². The lowest BCUT2D eigenvalue weighted by Crippen LogP contribution is -2.65. The van der Waals surface area contributed by atoms with Crippen LogP contribution in [0.5, 0.6) is 0 Å². The van der Waals surface area contributed by atoms with E-state index in [2.05, 4.69) is 38.3 Å². The predicted octanol–water partition coefficient (Wildman–Crippen LogP) is 6.69. The fourth-order valence-corrected chi connectivity index (χ4v) is 12.0. The van der Waals surface area contributed by atoms with Crippen molar-refractivity contribution in [1.29, 1.82) is 0 Å². The number of ether oxygens (including phenoxy) is 2. The Bertz CT molecular complexity index is 1340. The van der Waals surface area contributed by atoms with Crippen molar-refractivity contribution in [3.8, 4) is 0 Å². The van der Waals surface area contributed by atoms with Gasteiger partial charge in [0.15, 0.2) is 0 Å². The molecule has 1 aliphatic heterocycles. The highest BCUT2D eigenvalue weighted by Crippen LogP contribution is 2.70. The summed E-state index contributed by atoms with van der Waals surface area (Å²) < 4.78 is 12.6. The molecule has 6 rings (SSSR count). The molecular weight excluding hydrogens is 680 g/mol. The first kappa shape index (κ1) is 40.4. The van der Waals surface area contributed by atoms with Crippen molar-refractivity contribution in [3.05, 3.63) is 0 Å². The van der Waals surface area contributed by atoms with Gasteiger partial charge in [0, 0.05) is 76.3 Å². The third-order valence-electron chi connectivity index (χ3n) is 14.9. The van der Waals surface area contributed by atoms with Crippen LogP contribution in [0.15, 0.2) is 0 Å². The van der Waals surface area contributed by atoms with Gasteiger partial charge in [0.1, 0.15) is 12.2 Å². The number of carbonyl (C=O) groups excluding carboxylic acids is 4. The smallest absolute Gasteiger partial charge is 0.302 e. The highest BCUT2D eigenvalue weighted by molar-refractivity contribution is 5.78. The van der Waals surface area contributed by atoms with Crippen molar-refractivity contribution >= 4 is 23.8 Å². The summed E-state index contributed by atoms with van der Waals surface area (Å²) in [5, 5.41) is 6.01. The molecule has 10 atom stereocenters. The normalized spacial score (nSPS) is 42.5. The minimum atomic E-state index is -1.09. The summed E-state index contributed by atoms with van der Waals surface area (Å²) in [7, 11) is 0. The molecule has 6 fully saturated rings. The quantitative estimate of drug-likeness (QED) is 0.173. The SMILES string of the molecule is CCCNC(=O)CC[C@@H](C)[C@H]1CC[C@H]2[C@@H]3[C@H](OC(C)=O)C[C@@H]4CC5(CC[C@]4(C)[C@H]3C[C@H](OC(C)=O)[C@]12C)OOC1(CCC(C(=O)NCCC)CC1)OO5. The molecule has 12 heteroatoms. The van der Waals surface area contributed by atoms with Gasteiger partial charge in [-0.15, -0.1) is 0 Å². The molecule has 0 aromatic rings. The molecule has 0 aromatic heterocycles. The van der Waals surface area contributed by atoms with Crippen LogP contribution in [0.3, 0.4) is 0 Å². The van der Waals surface area contributed by atoms with E-state index in [9.17, 15) is 19.2 Å². The number of rotatable bonds is 11. The summed E-state index contributed by atoms with van der Waals surface area (Å²) in [6, 6.07) is 0. The van der Waals surface area contributed by atoms with E-state index in [4.69, 9.17) is 29.0 Å². The fourth-order valence-electron chi connectivity index (χ4n) is 12.0. The Hall–Kier alpha value is -2.28. The second-order valence-corrected chi connectivity index (χ2v) is 18.1. The standard InChI is InChI=1S/C41H66N2O10/c1-8-20-42-35(46)13-10-25(3)30-11-12-31-36-32(23-34(39(30,31)7)49-27(5)45)38(6)18-19-41(24-29(38)22-33(36)48-26(4)44)52-50-40(51-53-41)16-14-28(15-17-40)37(47)43-21-9-2/h25,28-34,36H,8-24H2,1-7H3,(H,42,46)(H,43,47)/t25-,28?,29-,30-,31+,32+,33-,34+,36+,38+,39-,40?,41?/m1/s1. The number of nitrogens with one attached hydrogen (secondary N) is 2. The number of fused-ring (bicyclic) bond motifs is 5. The Morgan fingerprint density at radius 1 is 0.774 bits per heavy atom. The molecule has 12 nitrogen and oxygen atoms in total. The summed E-state index contributed by atoms with van der Waals surface area (Å²) in [6.45, 7) is 15.4. The minimum absolute atomic E-state index is 0.0705. The lowest BCUT2D eigenvalue weighted by atomic mass is 9.42. The molecule has 0 aromatic carbocycles. The molecule has 6 aliphatic rings. The van der Waals surface area contributed by atoms with Crippen molar-refractivity contribution in [2.45, 2.75) is 169 Å². The fraction of sp³-hybridized carbons (Fsp3) is 0.902. The third-order valence-corrected chi connectivity index (χ3v) is 14.9. The van der Waals surface area contributed by atoms with Crippen molar-refractivity contribution in [3.63, 3.8) is 0 Å². The largest absolute Gasteiger partial charge is 0.462 e. The molecule has 2 amide bonds. The summed E-state index contributed by atoms with van der Waals surface area (Å²) in [5.74, 6) is -1.55. The molecule has 0 bridgehead atoms. The number of hydrogen-bond acceptors (Lipinski definition) is 10. The van der Waals surface area contributed by atoms with Crippen LogP contribution in [0, 0.1) is 52.3 Å². The van der Waals surface area contributed by atoms with Crippen molar-refractivity contribution in [1.82, 2.24) is 10.6 Å². The monoisotopic (exact) mass is 746 g/mol. The molecule has 5 saturated carbocycles. The van der Waals surface area contributed by atoms with Crippen LogP contribution < -0.4 is 10.6 Å². The number of amides is 2. The van der Waals surface area contributed by atoms with Gasteiger partial charge >= 0.3 is 11.9 Å². The first-order valence-electron chi connectivity index (χ1n) is 20.8. The van der Waals surface area contributed by atoms with E-state index in [0.717, 1.165) is 38.5 Å². The van der Waals surface area contributed by atoms with E-state index in [1.165, 1.54) is 13.8 Å². The van der Waals surface area contributed by atoms with Crippen molar-refractivity contribution < 1.29 is 48.2 Å². The second-order valence-electron chi connectivity index (χ2n) is 18.1. The Balaban J connectivity index is 1.19. The Morgan fingerprint density at radius 2 is 1.42 bits per heavy atom. The zero-order chi connectivity index (χ0) is 38.2. The lowest BCUT2D eigenvalue weighted by molar-refractivity contribution is -0.665. The van der Waals surface area contributed by atoms with Gasteiger partial charge in [-0.05, 0) is 99.2 Å². The Kier molecular flexibility index (Phi) is 12.2. The minimum Gasteiger partial charge on any atom is -0.462 e. The summed E-state index contributed by atoms with van der Waals surface area (Å²) in [6.07, 6.45) is 9.91. The number of esters is 2. The molecule has 0 unspecified atom stereocenters. The van der Waals surface area contributed by atoms with E-state index in [0.29, 0.717) is 70.9 Å². The predicted molar refractivity (Wildman–Crippen MR) is 194 cm³/mol. The maximum absolute atomic E-state index is 12.8. The molecule has 0 radical (unpaired) electrons. The van der Waals surface area contributed by atoms with Crippen LogP contribution in [0.4, 0.5) is 0 Å². The maximum Gasteiger partial charge on any atom is 0.302 e. The number of hydrogen-bond donors (Lipinski definition) is 2. The Morgan fingerprint density at radius 3 is 2.06 bits per heavy atom. The van der Waals surface area contributed by atoms with Crippen molar-refractivity contribution in [2.75, 3.05) is 13.1 Å². The highest BCUT2D eigenvalue weighted by atomic mass is 17.4. The molecule has 53 heavy (non-hydrogen) atoms. The van der Waals surface area contributed by atoms with Gasteiger partial charge in [-0.1, -0.05) is 34.6 Å². The molecule has 300 valence electrons. The molecule has 1 heterocycles. The Labute approximate surface area is 316 Å². The van der Waals surface area contributed by atoms with Crippen LogP contribution in [-0.4, -0.2) is 60.6 Å². The second kappa shape index (κ2) is 16.1. The molecular formula is C41H66N2O10. The first-order chi connectivity index (χ1) is 25.2. The maximum atomic E-state index is 12.8. The number of carbonyl (C=O) groups is 4. The van der Waals surface area contributed by atoms with Gasteiger partial charge in [0.2, 0.25) is 23.4 Å². The van der Waals surface area contributed by atoms with Gasteiger partial charge in [-0.2, -0.15) is 19.6 Å². The summed E-state index contributed by atoms with van der Waals surface area (Å²) >= 11 is 0. The average molecular weight is 747 g/mol. The zero-order valence-corrected chi connectivity index (χ0v) is 33.3. The lowest BCUT2D eigenvalue weighted by Gasteiger charge is -2.65. The van der Waals surface area contributed by atoms with Crippen LogP contribution in [-0.2, 0) is 48.2 Å². The van der Waals surface area contributed by atoms with Crippen LogP contribution in [0.2, 0.25) is 0 Å². The van der Waals surface area contributed by atoms with E-state index in [1.807, 2.05) is 6.92 Å². The van der Waals surface area contributed by atoms with E-state index in [-0.39, 0.29) is 88.2 Å². The van der Waals surface area contributed by atoms with Crippen LogP contribution in [0.1, 0.15) is 145 Å². The molecule has 2 spiro atoms.